The maximum Gasteiger partial charge on any atom is 0.131 e. The van der Waals surface area contributed by atoms with Gasteiger partial charge in [0.2, 0.25) is 0 Å². The molecular formula is C15H18N2OS. The Bertz CT molecular complexity index is 506. The number of para-hydroxylation sites is 1. The Morgan fingerprint density at radius 2 is 2.00 bits per heavy atom. The van der Waals surface area contributed by atoms with Crippen molar-refractivity contribution >= 4 is 11.3 Å². The number of hydrogen-bond donors (Lipinski definition) is 1. The molecule has 0 spiro atoms. The van der Waals surface area contributed by atoms with Crippen LogP contribution in [0.3, 0.4) is 0 Å². The summed E-state index contributed by atoms with van der Waals surface area (Å²) in [6.07, 6.45) is 2.40. The highest BCUT2D eigenvalue weighted by atomic mass is 32.1. The van der Waals surface area contributed by atoms with E-state index in [-0.39, 0.29) is 0 Å². The predicted molar refractivity (Wildman–Crippen MR) is 77.7 cm³/mol. The molecule has 2 heterocycles. The Morgan fingerprint density at radius 1 is 1.21 bits per heavy atom. The van der Waals surface area contributed by atoms with E-state index in [1.807, 2.05) is 30.3 Å². The van der Waals surface area contributed by atoms with Crippen LogP contribution in [0.4, 0.5) is 0 Å². The summed E-state index contributed by atoms with van der Waals surface area (Å²) in [5, 5.41) is 6.79. The van der Waals surface area contributed by atoms with Gasteiger partial charge in [-0.1, -0.05) is 18.2 Å². The molecule has 2 aromatic rings. The van der Waals surface area contributed by atoms with Crippen molar-refractivity contribution in [2.45, 2.75) is 25.4 Å². The van der Waals surface area contributed by atoms with Gasteiger partial charge in [-0.25, -0.2) is 4.98 Å². The molecule has 19 heavy (non-hydrogen) atoms. The minimum absolute atomic E-state index is 0.561. The Hall–Kier alpha value is -1.39. The summed E-state index contributed by atoms with van der Waals surface area (Å²) in [4.78, 5) is 4.71. The van der Waals surface area contributed by atoms with E-state index in [9.17, 15) is 0 Å². The van der Waals surface area contributed by atoms with Gasteiger partial charge in [-0.05, 0) is 38.1 Å². The number of aromatic nitrogens is 1. The average Bonchev–Trinajstić information content (AvgIpc) is 2.96. The molecule has 0 amide bonds. The van der Waals surface area contributed by atoms with Crippen molar-refractivity contribution in [3.8, 4) is 5.75 Å². The lowest BCUT2D eigenvalue weighted by Gasteiger charge is -2.20. The average molecular weight is 274 g/mol. The molecule has 1 aliphatic heterocycles. The van der Waals surface area contributed by atoms with Gasteiger partial charge in [0.15, 0.2) is 0 Å². The molecule has 3 nitrogen and oxygen atoms in total. The van der Waals surface area contributed by atoms with E-state index in [0.717, 1.165) is 24.5 Å². The molecule has 1 aromatic heterocycles. The fraction of sp³-hybridized carbons (Fsp3) is 0.400. The molecule has 1 saturated heterocycles. The molecule has 0 saturated carbocycles. The number of benzene rings is 1. The molecule has 1 N–H and O–H groups in total. The first-order chi connectivity index (χ1) is 9.42. The van der Waals surface area contributed by atoms with Crippen molar-refractivity contribution < 1.29 is 4.74 Å². The molecule has 0 radical (unpaired) electrons. The molecule has 1 aliphatic rings. The largest absolute Gasteiger partial charge is 0.487 e. The summed E-state index contributed by atoms with van der Waals surface area (Å²) in [7, 11) is 0. The van der Waals surface area contributed by atoms with Crippen LogP contribution >= 0.6 is 11.3 Å². The smallest absolute Gasteiger partial charge is 0.131 e. The van der Waals surface area contributed by atoms with Gasteiger partial charge in [-0.15, -0.1) is 11.3 Å². The molecule has 1 aromatic carbocycles. The van der Waals surface area contributed by atoms with E-state index in [1.165, 1.54) is 17.8 Å². The van der Waals surface area contributed by atoms with Gasteiger partial charge in [0.25, 0.3) is 0 Å². The second-order valence-electron chi connectivity index (χ2n) is 4.80. The van der Waals surface area contributed by atoms with Crippen LogP contribution in [0.1, 0.15) is 29.5 Å². The minimum Gasteiger partial charge on any atom is -0.487 e. The molecular weight excluding hydrogens is 256 g/mol. The van der Waals surface area contributed by atoms with Crippen LogP contribution in [-0.2, 0) is 6.61 Å². The number of hydrogen-bond acceptors (Lipinski definition) is 4. The van der Waals surface area contributed by atoms with Crippen LogP contribution in [0, 0.1) is 0 Å². The summed E-state index contributed by atoms with van der Waals surface area (Å²) < 4.78 is 5.72. The fourth-order valence-electron chi connectivity index (χ4n) is 2.32. The normalized spacial score (nSPS) is 16.4. The third kappa shape index (κ3) is 3.33. The van der Waals surface area contributed by atoms with E-state index in [1.54, 1.807) is 11.3 Å². The Balaban J connectivity index is 1.58. The molecule has 0 bridgehead atoms. The highest BCUT2D eigenvalue weighted by Gasteiger charge is 2.18. The van der Waals surface area contributed by atoms with Gasteiger partial charge >= 0.3 is 0 Å². The van der Waals surface area contributed by atoms with Crippen LogP contribution in [0.25, 0.3) is 0 Å². The molecule has 0 atom stereocenters. The lowest BCUT2D eigenvalue weighted by molar-refractivity contribution is 0.301. The van der Waals surface area contributed by atoms with Crippen LogP contribution < -0.4 is 10.1 Å². The number of thiazole rings is 1. The van der Waals surface area contributed by atoms with Crippen molar-refractivity contribution in [2.75, 3.05) is 13.1 Å². The third-order valence-electron chi connectivity index (χ3n) is 3.39. The zero-order valence-electron chi connectivity index (χ0n) is 10.8. The SMILES string of the molecule is c1ccc(OCc2csc(C3CCNCC3)n2)cc1. The summed E-state index contributed by atoms with van der Waals surface area (Å²) in [5.41, 5.74) is 1.04. The number of ether oxygens (including phenoxy) is 1. The van der Waals surface area contributed by atoms with E-state index in [2.05, 4.69) is 10.7 Å². The molecule has 0 unspecified atom stereocenters. The number of nitrogens with one attached hydrogen (secondary N) is 1. The molecule has 3 rings (SSSR count). The Kier molecular flexibility index (Phi) is 4.10. The minimum atomic E-state index is 0.561. The molecule has 1 fully saturated rings. The maximum atomic E-state index is 5.72. The van der Waals surface area contributed by atoms with E-state index in [4.69, 9.17) is 9.72 Å². The maximum absolute atomic E-state index is 5.72. The highest BCUT2D eigenvalue weighted by molar-refractivity contribution is 7.09. The Morgan fingerprint density at radius 3 is 2.79 bits per heavy atom. The number of rotatable bonds is 4. The predicted octanol–water partition coefficient (Wildman–Crippen LogP) is 3.19. The molecule has 100 valence electrons. The second kappa shape index (κ2) is 6.17. The fourth-order valence-corrected chi connectivity index (χ4v) is 3.29. The van der Waals surface area contributed by atoms with Crippen LogP contribution in [0.15, 0.2) is 35.7 Å². The second-order valence-corrected chi connectivity index (χ2v) is 5.69. The van der Waals surface area contributed by atoms with E-state index in [0.29, 0.717) is 12.5 Å². The first-order valence-electron chi connectivity index (χ1n) is 6.75. The number of piperidine rings is 1. The van der Waals surface area contributed by atoms with Crippen LogP contribution in [-0.4, -0.2) is 18.1 Å². The van der Waals surface area contributed by atoms with Crippen LogP contribution in [0.5, 0.6) is 5.75 Å². The van der Waals surface area contributed by atoms with Crippen molar-refractivity contribution in [3.05, 3.63) is 46.4 Å². The van der Waals surface area contributed by atoms with Gasteiger partial charge in [-0.2, -0.15) is 0 Å². The summed E-state index contributed by atoms with van der Waals surface area (Å²) >= 11 is 1.77. The van der Waals surface area contributed by atoms with Crippen molar-refractivity contribution in [3.63, 3.8) is 0 Å². The molecule has 4 heteroatoms. The van der Waals surface area contributed by atoms with Gasteiger partial charge in [0.1, 0.15) is 12.4 Å². The first-order valence-corrected chi connectivity index (χ1v) is 7.62. The first kappa shape index (κ1) is 12.6. The summed E-state index contributed by atoms with van der Waals surface area (Å²) in [6, 6.07) is 9.90. The molecule has 0 aliphatic carbocycles. The number of nitrogens with zero attached hydrogens (tertiary/aromatic N) is 1. The van der Waals surface area contributed by atoms with Crippen molar-refractivity contribution in [2.24, 2.45) is 0 Å². The van der Waals surface area contributed by atoms with Crippen LogP contribution in [0.2, 0.25) is 0 Å². The third-order valence-corrected chi connectivity index (χ3v) is 4.44. The summed E-state index contributed by atoms with van der Waals surface area (Å²) in [5.74, 6) is 1.54. The van der Waals surface area contributed by atoms with Gasteiger partial charge < -0.3 is 10.1 Å². The quantitative estimate of drug-likeness (QED) is 0.929. The zero-order chi connectivity index (χ0) is 12.9. The summed E-state index contributed by atoms with van der Waals surface area (Å²) in [6.45, 7) is 2.78. The van der Waals surface area contributed by atoms with Gasteiger partial charge in [0, 0.05) is 11.3 Å². The van der Waals surface area contributed by atoms with E-state index < -0.39 is 0 Å². The Labute approximate surface area is 117 Å². The lowest BCUT2D eigenvalue weighted by Crippen LogP contribution is -2.26. The lowest BCUT2D eigenvalue weighted by atomic mass is 9.99. The highest BCUT2D eigenvalue weighted by Crippen LogP contribution is 2.28. The standard InChI is InChI=1S/C15H18N2OS/c1-2-4-14(5-3-1)18-10-13-11-19-15(17-13)12-6-8-16-9-7-12/h1-5,11-12,16H,6-10H2. The van der Waals surface area contributed by atoms with Gasteiger partial charge in [0.05, 0.1) is 10.7 Å². The monoisotopic (exact) mass is 274 g/mol. The van der Waals surface area contributed by atoms with Crippen molar-refractivity contribution in [1.82, 2.24) is 10.3 Å². The topological polar surface area (TPSA) is 34.1 Å². The van der Waals surface area contributed by atoms with Crippen molar-refractivity contribution in [1.29, 1.82) is 0 Å². The van der Waals surface area contributed by atoms with E-state index >= 15 is 0 Å². The zero-order valence-corrected chi connectivity index (χ0v) is 11.7. The van der Waals surface area contributed by atoms with Gasteiger partial charge in [-0.3, -0.25) is 0 Å².